The Hall–Kier alpha value is -3.79. The maximum absolute atomic E-state index is 12.8. The summed E-state index contributed by atoms with van der Waals surface area (Å²) in [6.07, 6.45) is 1.87. The zero-order valence-electron chi connectivity index (χ0n) is 16.8. The van der Waals surface area contributed by atoms with E-state index in [1.807, 2.05) is 0 Å². The Morgan fingerprint density at radius 2 is 1.84 bits per heavy atom. The first-order chi connectivity index (χ1) is 14.8. The minimum absolute atomic E-state index is 0.0884. The molecule has 2 aromatic heterocycles. The fraction of sp³-hybridized carbons (Fsp3) is 0.143. The van der Waals surface area contributed by atoms with Crippen molar-refractivity contribution in [3.05, 3.63) is 65.1 Å². The summed E-state index contributed by atoms with van der Waals surface area (Å²) in [5, 5.41) is 9.03. The van der Waals surface area contributed by atoms with Gasteiger partial charge in [0, 0.05) is 28.9 Å². The van der Waals surface area contributed by atoms with Gasteiger partial charge in [0.15, 0.2) is 0 Å². The molecule has 4 N–H and O–H groups in total. The lowest BCUT2D eigenvalue weighted by atomic mass is 10.1. The summed E-state index contributed by atoms with van der Waals surface area (Å²) in [6, 6.07) is 13.1. The van der Waals surface area contributed by atoms with E-state index in [1.54, 1.807) is 55.6 Å². The van der Waals surface area contributed by atoms with Crippen molar-refractivity contribution in [1.29, 1.82) is 0 Å². The maximum atomic E-state index is 12.8. The maximum Gasteiger partial charge on any atom is 0.303 e. The molecule has 0 bridgehead atoms. The molecule has 0 spiro atoms. The first-order valence-corrected chi connectivity index (χ1v) is 10.8. The highest BCUT2D eigenvalue weighted by Crippen LogP contribution is 2.28. The van der Waals surface area contributed by atoms with Crippen molar-refractivity contribution in [3.63, 3.8) is 0 Å². The third kappa shape index (κ3) is 4.69. The molecule has 0 aliphatic heterocycles. The summed E-state index contributed by atoms with van der Waals surface area (Å²) in [6.45, 7) is 1.60. The molecule has 4 aromatic rings. The van der Waals surface area contributed by atoms with E-state index in [9.17, 15) is 18.0 Å². The Bertz CT molecular complexity index is 1410. The zero-order valence-corrected chi connectivity index (χ0v) is 17.6. The van der Waals surface area contributed by atoms with Crippen molar-refractivity contribution >= 4 is 43.5 Å². The number of nitrogens with one attached hydrogen (secondary N) is 3. The number of para-hydroxylation sites is 2. The minimum atomic E-state index is -3.83. The number of aromatic nitrogens is 2. The van der Waals surface area contributed by atoms with Gasteiger partial charge in [-0.3, -0.25) is 14.3 Å². The number of benzene rings is 2. The summed E-state index contributed by atoms with van der Waals surface area (Å²) in [7, 11) is -2.36. The average molecular weight is 443 g/mol. The molecule has 162 valence electrons. The first kappa shape index (κ1) is 21.9. The predicted molar refractivity (Wildman–Crippen MR) is 118 cm³/mol. The molecule has 0 aliphatic carbocycles. The molecule has 0 saturated carbocycles. The van der Waals surface area contributed by atoms with E-state index in [0.717, 1.165) is 0 Å². The number of methoxy groups -OCH3 is 1. The third-order valence-corrected chi connectivity index (χ3v) is 5.83. The van der Waals surface area contributed by atoms with E-state index in [4.69, 9.17) is 9.84 Å². The van der Waals surface area contributed by atoms with Crippen LogP contribution in [0.4, 0.5) is 5.69 Å². The van der Waals surface area contributed by atoms with E-state index >= 15 is 0 Å². The molecule has 0 unspecified atom stereocenters. The fourth-order valence-corrected chi connectivity index (χ4v) is 4.02. The van der Waals surface area contributed by atoms with Gasteiger partial charge in [0.25, 0.3) is 15.6 Å². The summed E-state index contributed by atoms with van der Waals surface area (Å²) >= 11 is 0. The van der Waals surface area contributed by atoms with Crippen LogP contribution in [0.5, 0.6) is 5.75 Å². The molecule has 0 amide bonds. The number of aliphatic carboxylic acids is 1. The second kappa shape index (κ2) is 8.92. The van der Waals surface area contributed by atoms with Crippen LogP contribution in [0.1, 0.15) is 13.3 Å². The fourth-order valence-electron chi connectivity index (χ4n) is 2.92. The number of H-pyrrole nitrogens is 2. The summed E-state index contributed by atoms with van der Waals surface area (Å²) < 4.78 is 33.3. The smallest absolute Gasteiger partial charge is 0.303 e. The van der Waals surface area contributed by atoms with Crippen LogP contribution in [0.25, 0.3) is 21.8 Å². The highest BCUT2D eigenvalue weighted by Gasteiger charge is 2.18. The lowest BCUT2D eigenvalue weighted by molar-refractivity contribution is -0.136. The number of carbonyl (C=O) groups is 1. The molecule has 0 fully saturated rings. The van der Waals surface area contributed by atoms with Gasteiger partial charge in [-0.2, -0.15) is 0 Å². The highest BCUT2D eigenvalue weighted by atomic mass is 32.2. The van der Waals surface area contributed by atoms with Crippen LogP contribution in [0.15, 0.2) is 64.4 Å². The van der Waals surface area contributed by atoms with Crippen molar-refractivity contribution in [3.8, 4) is 5.75 Å². The van der Waals surface area contributed by atoms with E-state index in [2.05, 4.69) is 14.7 Å². The van der Waals surface area contributed by atoms with Gasteiger partial charge in [0.05, 0.1) is 17.7 Å². The van der Waals surface area contributed by atoms with Gasteiger partial charge in [-0.1, -0.05) is 19.1 Å². The molecule has 0 aliphatic rings. The van der Waals surface area contributed by atoms with Crippen molar-refractivity contribution in [2.75, 3.05) is 11.8 Å². The number of ether oxygens (including phenoxy) is 1. The number of anilines is 1. The topological polar surface area (TPSA) is 141 Å². The largest absolute Gasteiger partial charge is 0.495 e. The lowest BCUT2D eigenvalue weighted by Crippen LogP contribution is -2.14. The molecule has 9 nitrogen and oxygen atoms in total. The molecule has 4 rings (SSSR count). The second-order valence-corrected chi connectivity index (χ2v) is 8.16. The van der Waals surface area contributed by atoms with Crippen LogP contribution < -0.4 is 15.0 Å². The summed E-state index contributed by atoms with van der Waals surface area (Å²) in [4.78, 5) is 27.1. The number of pyridine rings is 1. The number of rotatable bonds is 5. The number of sulfonamides is 1. The average Bonchev–Trinajstić information content (AvgIpc) is 3.25. The monoisotopic (exact) mass is 443 g/mol. The Balaban J connectivity index is 0.000000491. The number of fused-ring (bicyclic) bond motifs is 3. The van der Waals surface area contributed by atoms with Crippen LogP contribution >= 0.6 is 0 Å². The van der Waals surface area contributed by atoms with E-state index in [1.165, 1.54) is 13.2 Å². The van der Waals surface area contributed by atoms with Crippen molar-refractivity contribution in [2.45, 2.75) is 18.2 Å². The van der Waals surface area contributed by atoms with Gasteiger partial charge in [-0.25, -0.2) is 8.42 Å². The van der Waals surface area contributed by atoms with Gasteiger partial charge in [0.1, 0.15) is 11.3 Å². The lowest BCUT2D eigenvalue weighted by Gasteiger charge is -2.12. The van der Waals surface area contributed by atoms with Crippen LogP contribution in [-0.4, -0.2) is 36.6 Å². The predicted octanol–water partition coefficient (Wildman–Crippen LogP) is 3.30. The Morgan fingerprint density at radius 3 is 2.52 bits per heavy atom. The Kier molecular flexibility index (Phi) is 6.30. The molecule has 0 saturated heterocycles. The molecule has 31 heavy (non-hydrogen) atoms. The van der Waals surface area contributed by atoms with Crippen LogP contribution in [0.3, 0.4) is 0 Å². The molecular weight excluding hydrogens is 422 g/mol. The molecule has 10 heteroatoms. The second-order valence-electron chi connectivity index (χ2n) is 6.48. The quantitative estimate of drug-likeness (QED) is 0.373. The Labute approximate surface area is 177 Å². The molecular formula is C21H21N3O6S. The number of carboxylic acids is 1. The summed E-state index contributed by atoms with van der Waals surface area (Å²) in [5.41, 5.74) is 1.08. The molecule has 0 atom stereocenters. The van der Waals surface area contributed by atoms with Gasteiger partial charge in [0.2, 0.25) is 0 Å². The Morgan fingerprint density at radius 1 is 1.13 bits per heavy atom. The normalized spacial score (nSPS) is 11.0. The number of carboxylic acid groups (broad SMARTS) is 1. The molecule has 0 radical (unpaired) electrons. The minimum Gasteiger partial charge on any atom is -0.495 e. The number of aromatic amines is 2. The zero-order chi connectivity index (χ0) is 22.6. The van der Waals surface area contributed by atoms with Gasteiger partial charge < -0.3 is 19.8 Å². The standard InChI is InChI=1S/C18H15N3O4S.C3H6O2/c1-25-16-5-3-2-4-15(16)21-26(23,24)11-6-7-14-13(10-11)12-8-9-19-17(12)18(22)20-14;1-2-3(4)5/h2-10,19,21H,1H3,(H,20,22);2H2,1H3,(H,4,5). The SMILES string of the molecule is CCC(=O)O.COc1ccccc1NS(=O)(=O)c1ccc2[nH]c(=O)c3[nH]ccc3c2c1. The van der Waals surface area contributed by atoms with Crippen molar-refractivity contribution in [1.82, 2.24) is 9.97 Å². The van der Waals surface area contributed by atoms with Crippen molar-refractivity contribution < 1.29 is 23.1 Å². The van der Waals surface area contributed by atoms with E-state index < -0.39 is 16.0 Å². The third-order valence-electron chi connectivity index (χ3n) is 4.47. The number of hydrogen-bond acceptors (Lipinski definition) is 5. The highest BCUT2D eigenvalue weighted by molar-refractivity contribution is 7.92. The first-order valence-electron chi connectivity index (χ1n) is 9.27. The van der Waals surface area contributed by atoms with E-state index in [0.29, 0.717) is 33.2 Å². The molecule has 2 heterocycles. The van der Waals surface area contributed by atoms with Gasteiger partial charge >= 0.3 is 5.97 Å². The van der Waals surface area contributed by atoms with Gasteiger partial charge in [-0.05, 0) is 36.4 Å². The van der Waals surface area contributed by atoms with Crippen LogP contribution in [0, 0.1) is 0 Å². The van der Waals surface area contributed by atoms with E-state index in [-0.39, 0.29) is 16.9 Å². The van der Waals surface area contributed by atoms with Crippen LogP contribution in [0.2, 0.25) is 0 Å². The summed E-state index contributed by atoms with van der Waals surface area (Å²) in [5.74, 6) is -0.320. The molecule has 2 aromatic carbocycles. The van der Waals surface area contributed by atoms with Crippen LogP contribution in [-0.2, 0) is 14.8 Å². The van der Waals surface area contributed by atoms with Crippen molar-refractivity contribution in [2.24, 2.45) is 0 Å². The van der Waals surface area contributed by atoms with Gasteiger partial charge in [-0.15, -0.1) is 0 Å². The number of hydrogen-bond donors (Lipinski definition) is 4.